The van der Waals surface area contributed by atoms with E-state index in [1.807, 2.05) is 0 Å². The van der Waals surface area contributed by atoms with Crippen LogP contribution in [0.2, 0.25) is 18.9 Å². The molecule has 0 bridgehead atoms. The van der Waals surface area contributed by atoms with Gasteiger partial charge >= 0.3 is 0 Å². The van der Waals surface area contributed by atoms with Gasteiger partial charge in [-0.25, -0.2) is 0 Å². The summed E-state index contributed by atoms with van der Waals surface area (Å²) in [5, 5.41) is 0. The molecule has 0 aromatic carbocycles. The highest BCUT2D eigenvalue weighted by Gasteiger charge is 1.85. The molecule has 0 aliphatic rings. The second-order valence-corrected chi connectivity index (χ2v) is 4.41. The van der Waals surface area contributed by atoms with Gasteiger partial charge in [0, 0.05) is 6.04 Å². The normalized spacial score (nSPS) is 10.6. The summed E-state index contributed by atoms with van der Waals surface area (Å²) >= 11 is 0. The SMILES string of the molecule is C[BH2-][CH+]C[SiH2]CC. The number of hydrogen-bond donors (Lipinski definition) is 0. The monoisotopic (exact) mass is 114 g/mol. The van der Waals surface area contributed by atoms with Crippen LogP contribution in [0.25, 0.3) is 0 Å². The average molecular weight is 114 g/mol. The molecule has 0 saturated carbocycles. The van der Waals surface area contributed by atoms with Crippen molar-refractivity contribution in [1.82, 2.24) is 0 Å². The molecule has 0 aromatic rings. The van der Waals surface area contributed by atoms with Gasteiger partial charge in [-0.1, -0.05) is 13.0 Å². The van der Waals surface area contributed by atoms with Crippen molar-refractivity contribution in [3.05, 3.63) is 6.32 Å². The van der Waals surface area contributed by atoms with Crippen molar-refractivity contribution >= 4 is 16.8 Å². The summed E-state index contributed by atoms with van der Waals surface area (Å²) in [6.45, 7) is 4.64. The lowest BCUT2D eigenvalue weighted by Crippen LogP contribution is -1.89. The van der Waals surface area contributed by atoms with Crippen LogP contribution in [-0.2, 0) is 0 Å². The van der Waals surface area contributed by atoms with Gasteiger partial charge in [0.1, 0.15) is 0 Å². The van der Waals surface area contributed by atoms with Crippen LogP contribution in [0.15, 0.2) is 0 Å². The van der Waals surface area contributed by atoms with Crippen LogP contribution in [0.3, 0.4) is 0 Å². The maximum Gasteiger partial charge on any atom is 0.165 e. The van der Waals surface area contributed by atoms with Gasteiger partial charge in [-0.05, 0) is 0 Å². The minimum Gasteiger partial charge on any atom is -0.151 e. The Balaban J connectivity index is 2.45. The maximum absolute atomic E-state index is 2.52. The van der Waals surface area contributed by atoms with Crippen molar-refractivity contribution in [2.45, 2.75) is 25.8 Å². The molecule has 0 aromatic heterocycles. The van der Waals surface area contributed by atoms with E-state index in [4.69, 9.17) is 0 Å². The first-order chi connectivity index (χ1) is 3.41. The highest BCUT2D eigenvalue weighted by molar-refractivity contribution is 6.44. The molecule has 0 atom stereocenters. The summed E-state index contributed by atoms with van der Waals surface area (Å²) in [6.07, 6.45) is 2.52. The molecule has 42 valence electrons. The van der Waals surface area contributed by atoms with Gasteiger partial charge < -0.3 is 0 Å². The largest absolute Gasteiger partial charge is 0.165 e. The van der Waals surface area contributed by atoms with E-state index in [0.717, 1.165) is 0 Å². The van der Waals surface area contributed by atoms with Crippen LogP contribution in [0.4, 0.5) is 0 Å². The quantitative estimate of drug-likeness (QED) is 0.282. The fourth-order valence-electron chi connectivity index (χ4n) is 0.697. The summed E-state index contributed by atoms with van der Waals surface area (Å²) < 4.78 is 0. The molecular formula is C5H15BSi. The lowest BCUT2D eigenvalue weighted by atomic mass is 9.79. The first-order valence-electron chi connectivity index (χ1n) is 3.69. The Morgan fingerprint density at radius 3 is 2.86 bits per heavy atom. The second-order valence-electron chi connectivity index (χ2n) is 2.13. The third-order valence-corrected chi connectivity index (χ3v) is 2.95. The standard InChI is InChI=1S/C5H15BSi/c1-3-7-5-4-6-2/h4H,3,5-7H2,1-2H3. The predicted octanol–water partition coefficient (Wildman–Crippen LogP) is 0.390. The minimum absolute atomic E-state index is 0.386. The van der Waals surface area contributed by atoms with E-state index >= 15 is 0 Å². The van der Waals surface area contributed by atoms with Crippen LogP contribution in [-0.4, -0.2) is 16.8 Å². The summed E-state index contributed by atoms with van der Waals surface area (Å²) in [5.74, 6) is 0. The van der Waals surface area contributed by atoms with E-state index in [-0.39, 0.29) is 0 Å². The first-order valence-corrected chi connectivity index (χ1v) is 5.69. The molecule has 0 heterocycles. The molecule has 0 amide bonds. The number of hydrogen-bond acceptors (Lipinski definition) is 0. The van der Waals surface area contributed by atoms with Crippen LogP contribution in [0, 0.1) is 6.32 Å². The van der Waals surface area contributed by atoms with Crippen molar-refractivity contribution < 1.29 is 0 Å². The van der Waals surface area contributed by atoms with E-state index in [0.29, 0.717) is 16.8 Å². The maximum atomic E-state index is 2.52. The lowest BCUT2D eigenvalue weighted by Gasteiger charge is -1.85. The van der Waals surface area contributed by atoms with E-state index < -0.39 is 0 Å². The summed E-state index contributed by atoms with van der Waals surface area (Å²) in [5.41, 5.74) is 0. The van der Waals surface area contributed by atoms with Gasteiger partial charge in [0.2, 0.25) is 0 Å². The smallest absolute Gasteiger partial charge is 0.151 e. The van der Waals surface area contributed by atoms with Crippen molar-refractivity contribution in [2.75, 3.05) is 0 Å². The molecule has 0 radical (unpaired) electrons. The summed E-state index contributed by atoms with van der Waals surface area (Å²) in [7, 11) is 0.787. The Bertz CT molecular complexity index is 27.3. The highest BCUT2D eigenvalue weighted by Crippen LogP contribution is 1.86. The zero-order valence-electron chi connectivity index (χ0n) is 5.70. The fourth-order valence-corrected chi connectivity index (χ4v) is 2.09. The van der Waals surface area contributed by atoms with E-state index in [2.05, 4.69) is 20.1 Å². The Morgan fingerprint density at radius 1 is 1.71 bits per heavy atom. The van der Waals surface area contributed by atoms with Crippen molar-refractivity contribution in [3.63, 3.8) is 0 Å². The van der Waals surface area contributed by atoms with E-state index in [9.17, 15) is 0 Å². The van der Waals surface area contributed by atoms with Crippen LogP contribution in [0.5, 0.6) is 0 Å². The minimum atomic E-state index is 0.386. The molecule has 2 heteroatoms. The van der Waals surface area contributed by atoms with Crippen molar-refractivity contribution in [2.24, 2.45) is 0 Å². The molecule has 0 N–H and O–H groups in total. The molecule has 0 unspecified atom stereocenters. The summed E-state index contributed by atoms with van der Waals surface area (Å²) in [4.78, 5) is 0. The second kappa shape index (κ2) is 6.15. The zero-order valence-corrected chi connectivity index (χ0v) is 7.11. The van der Waals surface area contributed by atoms with Gasteiger partial charge in [0.05, 0.1) is 9.52 Å². The fraction of sp³-hybridized carbons (Fsp3) is 0.800. The zero-order chi connectivity index (χ0) is 5.54. The Kier molecular flexibility index (Phi) is 6.29. The van der Waals surface area contributed by atoms with E-state index in [1.165, 1.54) is 12.1 Å². The van der Waals surface area contributed by atoms with E-state index in [1.54, 1.807) is 0 Å². The van der Waals surface area contributed by atoms with Gasteiger partial charge in [-0.15, -0.1) is 6.32 Å². The van der Waals surface area contributed by atoms with Crippen LogP contribution < -0.4 is 0 Å². The summed E-state index contributed by atoms with van der Waals surface area (Å²) in [6, 6.07) is 3.00. The van der Waals surface area contributed by atoms with Crippen LogP contribution in [0.1, 0.15) is 6.92 Å². The van der Waals surface area contributed by atoms with Crippen LogP contribution >= 0.6 is 0 Å². The molecule has 0 nitrogen and oxygen atoms in total. The van der Waals surface area contributed by atoms with Gasteiger partial charge in [-0.3, -0.25) is 0 Å². The highest BCUT2D eigenvalue weighted by atomic mass is 28.2. The van der Waals surface area contributed by atoms with Gasteiger partial charge in [0.25, 0.3) is 0 Å². The first kappa shape index (κ1) is 7.15. The lowest BCUT2D eigenvalue weighted by molar-refractivity contribution is 1.41. The molecular weight excluding hydrogens is 99.0 g/mol. The van der Waals surface area contributed by atoms with Gasteiger partial charge in [-0.2, -0.15) is 6.82 Å². The molecule has 0 spiro atoms. The molecule has 0 aliphatic carbocycles. The number of rotatable bonds is 4. The third kappa shape index (κ3) is 6.15. The predicted molar refractivity (Wildman–Crippen MR) is 42.5 cm³/mol. The van der Waals surface area contributed by atoms with Crippen molar-refractivity contribution in [3.8, 4) is 0 Å². The van der Waals surface area contributed by atoms with Crippen molar-refractivity contribution in [1.29, 1.82) is 0 Å². The van der Waals surface area contributed by atoms with Gasteiger partial charge in [0.15, 0.2) is 7.28 Å². The molecule has 7 heavy (non-hydrogen) atoms. The molecule has 0 rings (SSSR count). The Morgan fingerprint density at radius 2 is 2.43 bits per heavy atom. The molecule has 0 fully saturated rings. The molecule has 0 aliphatic heterocycles. The Hall–Kier alpha value is 0.152. The topological polar surface area (TPSA) is 0 Å². The Labute approximate surface area is 49.8 Å². The average Bonchev–Trinajstić information content (AvgIpc) is 1.69. The third-order valence-electron chi connectivity index (χ3n) is 1.25. The molecule has 0 saturated heterocycles.